The van der Waals surface area contributed by atoms with Gasteiger partial charge in [-0.05, 0) is 50.5 Å². The minimum atomic E-state index is -0.914. The lowest BCUT2D eigenvalue weighted by atomic mass is 9.85. The average molecular weight is 336 g/mol. The maximum absolute atomic E-state index is 12.0. The van der Waals surface area contributed by atoms with E-state index in [1.165, 1.54) is 6.08 Å². The van der Waals surface area contributed by atoms with Crippen molar-refractivity contribution in [1.82, 2.24) is 0 Å². The summed E-state index contributed by atoms with van der Waals surface area (Å²) in [7, 11) is 0. The lowest BCUT2D eigenvalue weighted by Gasteiger charge is -2.19. The van der Waals surface area contributed by atoms with Gasteiger partial charge in [0.25, 0.3) is 0 Å². The zero-order valence-electron chi connectivity index (χ0n) is 14.8. The van der Waals surface area contributed by atoms with Crippen molar-refractivity contribution in [3.63, 3.8) is 0 Å². The van der Waals surface area contributed by atoms with Gasteiger partial charge in [0.2, 0.25) is 0 Å². The number of aliphatic hydroxyl groups is 1. The van der Waals surface area contributed by atoms with E-state index in [0.717, 1.165) is 64.2 Å². The maximum atomic E-state index is 12.0. The lowest BCUT2D eigenvalue weighted by Crippen LogP contribution is -2.18. The maximum Gasteiger partial charge on any atom is 0.327 e. The van der Waals surface area contributed by atoms with Crippen molar-refractivity contribution >= 4 is 11.8 Å². The average Bonchev–Trinajstić information content (AvgIpc) is 2.89. The zero-order valence-corrected chi connectivity index (χ0v) is 14.8. The minimum absolute atomic E-state index is 0.0521. The van der Waals surface area contributed by atoms with Crippen molar-refractivity contribution < 1.29 is 19.8 Å². The third kappa shape index (κ3) is 8.44. The number of carboxylic acid groups (broad SMARTS) is 1. The van der Waals surface area contributed by atoms with Crippen LogP contribution in [0.1, 0.15) is 71.1 Å². The van der Waals surface area contributed by atoms with Gasteiger partial charge in [0.1, 0.15) is 0 Å². The molecule has 136 valence electrons. The van der Waals surface area contributed by atoms with Gasteiger partial charge in [0.05, 0.1) is 6.10 Å². The van der Waals surface area contributed by atoms with Gasteiger partial charge in [-0.1, -0.05) is 44.8 Å². The van der Waals surface area contributed by atoms with Crippen LogP contribution in [0.15, 0.2) is 24.3 Å². The van der Waals surface area contributed by atoms with Gasteiger partial charge < -0.3 is 10.2 Å². The quantitative estimate of drug-likeness (QED) is 0.389. The van der Waals surface area contributed by atoms with Crippen LogP contribution >= 0.6 is 0 Å². The van der Waals surface area contributed by atoms with Gasteiger partial charge in [0, 0.05) is 12.0 Å². The van der Waals surface area contributed by atoms with E-state index in [2.05, 4.69) is 6.92 Å². The first-order valence-electron chi connectivity index (χ1n) is 9.34. The number of rotatable bonds is 13. The second-order valence-electron chi connectivity index (χ2n) is 6.78. The van der Waals surface area contributed by atoms with Crippen molar-refractivity contribution in [2.45, 2.75) is 77.2 Å². The first-order valence-corrected chi connectivity index (χ1v) is 9.34. The van der Waals surface area contributed by atoms with Crippen LogP contribution in [-0.4, -0.2) is 28.1 Å². The number of aliphatic hydroxyl groups excluding tert-OH is 1. The van der Waals surface area contributed by atoms with Crippen LogP contribution in [-0.2, 0) is 9.59 Å². The van der Waals surface area contributed by atoms with E-state index < -0.39 is 5.97 Å². The van der Waals surface area contributed by atoms with Crippen LogP contribution in [0.5, 0.6) is 0 Å². The van der Waals surface area contributed by atoms with Gasteiger partial charge >= 0.3 is 5.97 Å². The fourth-order valence-electron chi connectivity index (χ4n) is 3.31. The highest BCUT2D eigenvalue weighted by Gasteiger charge is 2.29. The van der Waals surface area contributed by atoms with Crippen molar-refractivity contribution in [1.29, 1.82) is 0 Å². The van der Waals surface area contributed by atoms with Crippen LogP contribution in [0.2, 0.25) is 0 Å². The molecule has 0 aromatic rings. The number of unbranched alkanes of at least 4 members (excludes halogenated alkanes) is 4. The SMILES string of the molecule is CCCCC[C@H](O)CC[C@H]1C=CC(=O)[C@@H]1CCCCC=CC(=O)O. The van der Waals surface area contributed by atoms with E-state index >= 15 is 0 Å². The normalized spacial score (nSPS) is 21.7. The smallest absolute Gasteiger partial charge is 0.327 e. The molecular weight excluding hydrogens is 304 g/mol. The van der Waals surface area contributed by atoms with Crippen molar-refractivity contribution in [2.75, 3.05) is 0 Å². The Morgan fingerprint density at radius 3 is 2.71 bits per heavy atom. The van der Waals surface area contributed by atoms with Gasteiger partial charge in [-0.2, -0.15) is 0 Å². The number of carbonyl (C=O) groups is 2. The highest BCUT2D eigenvalue weighted by atomic mass is 16.4. The van der Waals surface area contributed by atoms with E-state index in [4.69, 9.17) is 5.11 Å². The molecule has 0 saturated carbocycles. The van der Waals surface area contributed by atoms with Crippen LogP contribution in [0.25, 0.3) is 0 Å². The molecule has 3 atom stereocenters. The summed E-state index contributed by atoms with van der Waals surface area (Å²) < 4.78 is 0. The molecule has 0 bridgehead atoms. The van der Waals surface area contributed by atoms with Gasteiger partial charge in [-0.25, -0.2) is 4.79 Å². The minimum Gasteiger partial charge on any atom is -0.478 e. The first-order chi connectivity index (χ1) is 11.5. The van der Waals surface area contributed by atoms with E-state index in [1.54, 1.807) is 12.2 Å². The molecule has 4 heteroatoms. The van der Waals surface area contributed by atoms with E-state index in [1.807, 2.05) is 6.08 Å². The molecule has 2 N–H and O–H groups in total. The highest BCUT2D eigenvalue weighted by molar-refractivity contribution is 5.94. The summed E-state index contributed by atoms with van der Waals surface area (Å²) in [6, 6.07) is 0. The summed E-state index contributed by atoms with van der Waals surface area (Å²) in [5.41, 5.74) is 0. The van der Waals surface area contributed by atoms with Crippen LogP contribution in [0.4, 0.5) is 0 Å². The Morgan fingerprint density at radius 2 is 2.00 bits per heavy atom. The molecule has 1 rings (SSSR count). The fraction of sp³-hybridized carbons (Fsp3) is 0.700. The Morgan fingerprint density at radius 1 is 1.21 bits per heavy atom. The number of allylic oxidation sites excluding steroid dienone is 3. The zero-order chi connectivity index (χ0) is 17.8. The number of ketones is 1. The third-order valence-electron chi connectivity index (χ3n) is 4.76. The van der Waals surface area contributed by atoms with Crippen molar-refractivity contribution in [2.24, 2.45) is 11.8 Å². The first kappa shape index (κ1) is 20.6. The molecule has 0 aromatic carbocycles. The van der Waals surface area contributed by atoms with Gasteiger partial charge in [-0.3, -0.25) is 4.79 Å². The summed E-state index contributed by atoms with van der Waals surface area (Å²) in [5.74, 6) is -0.395. The molecular formula is C20H32O4. The van der Waals surface area contributed by atoms with Crippen LogP contribution in [0, 0.1) is 11.8 Å². The predicted octanol–water partition coefficient (Wildman–Crippen LogP) is 4.28. The molecule has 0 spiro atoms. The molecule has 0 saturated heterocycles. The molecule has 1 aliphatic rings. The molecule has 0 amide bonds. The highest BCUT2D eigenvalue weighted by Crippen LogP contribution is 2.31. The number of carbonyl (C=O) groups excluding carboxylic acids is 1. The molecule has 4 nitrogen and oxygen atoms in total. The number of carboxylic acids is 1. The molecule has 0 aromatic heterocycles. The summed E-state index contributed by atoms with van der Waals surface area (Å²) in [5, 5.41) is 18.6. The summed E-state index contributed by atoms with van der Waals surface area (Å²) in [4.78, 5) is 22.4. The lowest BCUT2D eigenvalue weighted by molar-refractivity contribution is -0.131. The van der Waals surface area contributed by atoms with E-state index in [-0.39, 0.29) is 23.7 Å². The predicted molar refractivity (Wildman–Crippen MR) is 95.8 cm³/mol. The van der Waals surface area contributed by atoms with E-state index in [0.29, 0.717) is 0 Å². The Bertz CT molecular complexity index is 439. The largest absolute Gasteiger partial charge is 0.478 e. The molecule has 0 unspecified atom stereocenters. The van der Waals surface area contributed by atoms with Gasteiger partial charge in [-0.15, -0.1) is 0 Å². The summed E-state index contributed by atoms with van der Waals surface area (Å²) in [6.45, 7) is 2.16. The molecule has 0 aliphatic heterocycles. The Balaban J connectivity index is 2.25. The molecule has 0 fully saturated rings. The second-order valence-corrected chi connectivity index (χ2v) is 6.78. The third-order valence-corrected chi connectivity index (χ3v) is 4.76. The van der Waals surface area contributed by atoms with Crippen LogP contribution < -0.4 is 0 Å². The number of aliphatic carboxylic acids is 1. The van der Waals surface area contributed by atoms with E-state index in [9.17, 15) is 14.7 Å². The van der Waals surface area contributed by atoms with Crippen molar-refractivity contribution in [3.05, 3.63) is 24.3 Å². The standard InChI is InChI=1S/C20H32O4/c1-2-3-6-9-17(21)14-12-16-13-15-19(22)18(16)10-7-4-5-8-11-20(23)24/h8,11,13,15-18,21H,2-7,9-10,12,14H2,1H3,(H,23,24)/t16-,17-,18+/m0/s1. The van der Waals surface area contributed by atoms with Gasteiger partial charge in [0.15, 0.2) is 5.78 Å². The summed E-state index contributed by atoms with van der Waals surface area (Å²) in [6.07, 6.45) is 15.6. The van der Waals surface area contributed by atoms with Crippen molar-refractivity contribution in [3.8, 4) is 0 Å². The molecule has 24 heavy (non-hydrogen) atoms. The topological polar surface area (TPSA) is 74.6 Å². The monoisotopic (exact) mass is 336 g/mol. The Labute approximate surface area is 145 Å². The number of hydrogen-bond donors (Lipinski definition) is 2. The summed E-state index contributed by atoms with van der Waals surface area (Å²) >= 11 is 0. The number of hydrogen-bond acceptors (Lipinski definition) is 3. The van der Waals surface area contributed by atoms with Crippen LogP contribution in [0.3, 0.4) is 0 Å². The molecule has 0 heterocycles. The fourth-order valence-corrected chi connectivity index (χ4v) is 3.31. The molecule has 0 radical (unpaired) electrons. The second kappa shape index (κ2) is 12.0. The Kier molecular flexibility index (Phi) is 10.3. The Hall–Kier alpha value is -1.42. The molecule has 1 aliphatic carbocycles.